The Kier molecular flexibility index (Phi) is 6.17. The maximum absolute atomic E-state index is 13.6. The third-order valence-electron chi connectivity index (χ3n) is 8.41. The van der Waals surface area contributed by atoms with Crippen molar-refractivity contribution in [2.45, 2.75) is 65.3 Å². The predicted octanol–water partition coefficient (Wildman–Crippen LogP) is 4.93. The standard InChI is InChI=1S/C27H35N3O3S/c1-4-30-16(3)22(24(31)33-5-2)23(29-26(30)34)20-7-6-8-21(12-20)28-25(32)27-13-17-9-18(14-27)11-19(10-17)15-27/h6-8,12,17-19,23H,4-5,9-11,13-15H2,1-3H3,(H,28,32)(H,29,34)/t17?,18?,19?,23-,27?/m1/s1. The van der Waals surface area contributed by atoms with Crippen LogP contribution in [-0.4, -0.2) is 35.0 Å². The monoisotopic (exact) mass is 481 g/mol. The smallest absolute Gasteiger partial charge is 0.338 e. The fraction of sp³-hybridized carbons (Fsp3) is 0.593. The molecule has 5 aliphatic rings. The number of benzene rings is 1. The van der Waals surface area contributed by atoms with Crippen LogP contribution in [0.25, 0.3) is 0 Å². The van der Waals surface area contributed by atoms with Crippen molar-refractivity contribution in [2.75, 3.05) is 18.5 Å². The molecule has 2 N–H and O–H groups in total. The van der Waals surface area contributed by atoms with Gasteiger partial charge in [-0.3, -0.25) is 4.79 Å². The number of amides is 1. The zero-order chi connectivity index (χ0) is 24.0. The van der Waals surface area contributed by atoms with Gasteiger partial charge in [0.05, 0.1) is 23.6 Å². The van der Waals surface area contributed by atoms with Crippen molar-refractivity contribution in [3.8, 4) is 0 Å². The van der Waals surface area contributed by atoms with E-state index < -0.39 is 6.04 Å². The molecule has 1 heterocycles. The van der Waals surface area contributed by atoms with E-state index in [4.69, 9.17) is 17.0 Å². The maximum atomic E-state index is 13.6. The Hall–Kier alpha value is -2.41. The van der Waals surface area contributed by atoms with Crippen LogP contribution in [0.1, 0.15) is 70.9 Å². The van der Waals surface area contributed by atoms with Gasteiger partial charge in [-0.05, 0) is 107 Å². The number of hydrogen-bond donors (Lipinski definition) is 2. The first-order chi connectivity index (χ1) is 16.3. The highest BCUT2D eigenvalue weighted by molar-refractivity contribution is 7.80. The molecule has 0 spiro atoms. The summed E-state index contributed by atoms with van der Waals surface area (Å²) in [7, 11) is 0. The van der Waals surface area contributed by atoms with E-state index in [1.165, 1.54) is 19.3 Å². The molecule has 7 heteroatoms. The molecule has 182 valence electrons. The molecule has 6 rings (SSSR count). The minimum absolute atomic E-state index is 0.172. The summed E-state index contributed by atoms with van der Waals surface area (Å²) < 4.78 is 5.39. The Morgan fingerprint density at radius 1 is 1.15 bits per heavy atom. The number of ether oxygens (including phenoxy) is 1. The zero-order valence-corrected chi connectivity index (χ0v) is 21.2. The van der Waals surface area contributed by atoms with E-state index in [-0.39, 0.29) is 17.3 Å². The van der Waals surface area contributed by atoms with E-state index in [1.54, 1.807) is 0 Å². The predicted molar refractivity (Wildman–Crippen MR) is 136 cm³/mol. The van der Waals surface area contributed by atoms with Crippen molar-refractivity contribution in [1.82, 2.24) is 10.2 Å². The summed E-state index contributed by atoms with van der Waals surface area (Å²) in [5, 5.41) is 7.16. The fourth-order valence-corrected chi connectivity index (χ4v) is 7.72. The number of rotatable bonds is 6. The van der Waals surface area contributed by atoms with Gasteiger partial charge < -0.3 is 20.3 Å². The van der Waals surface area contributed by atoms with Crippen LogP contribution in [0, 0.1) is 23.2 Å². The van der Waals surface area contributed by atoms with Crippen LogP contribution in [0.15, 0.2) is 35.5 Å². The molecule has 1 atom stereocenters. The molecule has 0 unspecified atom stereocenters. The van der Waals surface area contributed by atoms with Crippen LogP contribution in [0.2, 0.25) is 0 Å². The van der Waals surface area contributed by atoms with E-state index in [2.05, 4.69) is 10.6 Å². The Morgan fingerprint density at radius 2 is 1.79 bits per heavy atom. The molecule has 4 aliphatic carbocycles. The molecule has 1 aromatic rings. The van der Waals surface area contributed by atoms with Crippen molar-refractivity contribution in [3.05, 3.63) is 41.1 Å². The van der Waals surface area contributed by atoms with Gasteiger partial charge in [0.1, 0.15) is 0 Å². The largest absolute Gasteiger partial charge is 0.463 e. The molecule has 0 radical (unpaired) electrons. The normalized spacial score (nSPS) is 32.0. The Labute approximate surface area is 207 Å². The maximum Gasteiger partial charge on any atom is 0.338 e. The summed E-state index contributed by atoms with van der Waals surface area (Å²) in [6.45, 7) is 6.69. The van der Waals surface area contributed by atoms with Crippen LogP contribution >= 0.6 is 12.2 Å². The molecule has 4 saturated carbocycles. The lowest BCUT2D eigenvalue weighted by atomic mass is 9.49. The summed E-state index contributed by atoms with van der Waals surface area (Å²) >= 11 is 5.59. The average molecular weight is 482 g/mol. The van der Waals surface area contributed by atoms with E-state index in [9.17, 15) is 9.59 Å². The van der Waals surface area contributed by atoms with Crippen LogP contribution in [-0.2, 0) is 14.3 Å². The van der Waals surface area contributed by atoms with Crippen LogP contribution < -0.4 is 10.6 Å². The number of esters is 1. The number of thiocarbonyl (C=S) groups is 1. The number of anilines is 1. The number of allylic oxidation sites excluding steroid dienone is 1. The number of hydrogen-bond acceptors (Lipinski definition) is 4. The zero-order valence-electron chi connectivity index (χ0n) is 20.4. The molecule has 0 saturated heterocycles. The van der Waals surface area contributed by atoms with E-state index in [1.807, 2.05) is 49.9 Å². The number of nitrogens with one attached hydrogen (secondary N) is 2. The molecular formula is C27H35N3O3S. The summed E-state index contributed by atoms with van der Waals surface area (Å²) in [4.78, 5) is 28.4. The second-order valence-corrected chi connectivity index (χ2v) is 11.0. The second kappa shape index (κ2) is 8.99. The lowest BCUT2D eigenvalue weighted by Gasteiger charge is -2.55. The SMILES string of the molecule is CCOC(=O)C1=C(C)N(CC)C(=S)N[C@@H]1c1cccc(NC(=O)C23CC4CC(CC(C4)C2)C3)c1. The molecule has 4 fully saturated rings. The van der Waals surface area contributed by atoms with Gasteiger partial charge in [0, 0.05) is 17.9 Å². The molecule has 1 amide bonds. The van der Waals surface area contributed by atoms with Gasteiger partial charge in [-0.1, -0.05) is 12.1 Å². The molecule has 6 nitrogen and oxygen atoms in total. The highest BCUT2D eigenvalue weighted by Crippen LogP contribution is 2.60. The van der Waals surface area contributed by atoms with Gasteiger partial charge in [0.25, 0.3) is 0 Å². The number of nitrogens with zero attached hydrogens (tertiary/aromatic N) is 1. The lowest BCUT2D eigenvalue weighted by Crippen LogP contribution is -2.51. The molecule has 34 heavy (non-hydrogen) atoms. The summed E-state index contributed by atoms with van der Waals surface area (Å²) in [6.07, 6.45) is 7.03. The first kappa shape index (κ1) is 23.3. The Morgan fingerprint density at radius 3 is 2.38 bits per heavy atom. The van der Waals surface area contributed by atoms with Crippen molar-refractivity contribution >= 4 is 34.9 Å². The minimum atomic E-state index is -0.425. The van der Waals surface area contributed by atoms with Gasteiger partial charge >= 0.3 is 5.97 Å². The fourth-order valence-electron chi connectivity index (χ4n) is 7.33. The molecule has 4 bridgehead atoms. The molecule has 1 aromatic carbocycles. The summed E-state index contributed by atoms with van der Waals surface area (Å²) in [5.41, 5.74) is 2.80. The minimum Gasteiger partial charge on any atom is -0.463 e. The lowest BCUT2D eigenvalue weighted by molar-refractivity contribution is -0.140. The van der Waals surface area contributed by atoms with Crippen molar-refractivity contribution < 1.29 is 14.3 Å². The van der Waals surface area contributed by atoms with Crippen molar-refractivity contribution in [3.63, 3.8) is 0 Å². The highest BCUT2D eigenvalue weighted by Gasteiger charge is 2.54. The molecule has 1 aliphatic heterocycles. The average Bonchev–Trinajstić information content (AvgIpc) is 2.78. The van der Waals surface area contributed by atoms with E-state index in [0.29, 0.717) is 23.8 Å². The molecule has 0 aromatic heterocycles. The van der Waals surface area contributed by atoms with Crippen LogP contribution in [0.3, 0.4) is 0 Å². The van der Waals surface area contributed by atoms with Crippen molar-refractivity contribution in [1.29, 1.82) is 0 Å². The van der Waals surface area contributed by atoms with Gasteiger partial charge in [-0.25, -0.2) is 4.79 Å². The number of carbonyl (C=O) groups is 2. The second-order valence-electron chi connectivity index (χ2n) is 10.6. The highest BCUT2D eigenvalue weighted by atomic mass is 32.1. The van der Waals surface area contributed by atoms with Gasteiger partial charge in [0.2, 0.25) is 5.91 Å². The summed E-state index contributed by atoms with van der Waals surface area (Å²) in [5.74, 6) is 1.99. The first-order valence-electron chi connectivity index (χ1n) is 12.7. The number of carbonyl (C=O) groups excluding carboxylic acids is 2. The van der Waals surface area contributed by atoms with Gasteiger partial charge in [-0.15, -0.1) is 0 Å². The first-order valence-corrected chi connectivity index (χ1v) is 13.1. The Balaban J connectivity index is 1.41. The van der Waals surface area contributed by atoms with E-state index in [0.717, 1.165) is 54.0 Å². The van der Waals surface area contributed by atoms with Gasteiger partial charge in [-0.2, -0.15) is 0 Å². The van der Waals surface area contributed by atoms with Crippen molar-refractivity contribution in [2.24, 2.45) is 23.2 Å². The molecular weight excluding hydrogens is 446 g/mol. The Bertz CT molecular complexity index is 1010. The third kappa shape index (κ3) is 4.02. The van der Waals surface area contributed by atoms with E-state index >= 15 is 0 Å². The third-order valence-corrected chi connectivity index (χ3v) is 8.74. The van der Waals surface area contributed by atoms with Gasteiger partial charge in [0.15, 0.2) is 5.11 Å². The topological polar surface area (TPSA) is 70.7 Å². The quantitative estimate of drug-likeness (QED) is 0.444. The summed E-state index contributed by atoms with van der Waals surface area (Å²) in [6, 6.07) is 7.37. The van der Waals surface area contributed by atoms with Crippen LogP contribution in [0.5, 0.6) is 0 Å². The van der Waals surface area contributed by atoms with Crippen LogP contribution in [0.4, 0.5) is 5.69 Å².